The summed E-state index contributed by atoms with van der Waals surface area (Å²) in [7, 11) is 0. The molecule has 4 nitrogen and oxygen atoms in total. The number of anilines is 2. The van der Waals surface area contributed by atoms with Crippen molar-refractivity contribution in [2.45, 2.75) is 82.5 Å². The smallest absolute Gasteiger partial charge is 0.167 e. The maximum Gasteiger partial charge on any atom is 0.167 e. The molecule has 49 heavy (non-hydrogen) atoms. The van der Waals surface area contributed by atoms with Crippen LogP contribution in [0.15, 0.2) is 109 Å². The second kappa shape index (κ2) is 15.6. The Hall–Kier alpha value is -4.84. The molecule has 6 heteroatoms. The molecule has 0 heterocycles. The van der Waals surface area contributed by atoms with Gasteiger partial charge in [0.2, 0.25) is 0 Å². The lowest BCUT2D eigenvalue weighted by Gasteiger charge is -2.41. The minimum atomic E-state index is -0.500. The molecule has 0 amide bonds. The molecule has 5 aromatic carbocycles. The monoisotopic (exact) mass is 660 g/mol. The first-order valence-corrected chi connectivity index (χ1v) is 17.6. The van der Waals surface area contributed by atoms with Crippen molar-refractivity contribution in [2.24, 2.45) is 0 Å². The normalized spacial score (nSPS) is 14.4. The predicted molar refractivity (Wildman–Crippen MR) is 196 cm³/mol. The van der Waals surface area contributed by atoms with Crippen LogP contribution in [0.3, 0.4) is 0 Å². The van der Waals surface area contributed by atoms with Crippen LogP contribution in [0.4, 0.5) is 20.2 Å². The van der Waals surface area contributed by atoms with Crippen LogP contribution in [-0.4, -0.2) is 0 Å². The van der Waals surface area contributed by atoms with Gasteiger partial charge in [-0.1, -0.05) is 81.1 Å². The van der Waals surface area contributed by atoms with Crippen LogP contribution in [0.5, 0.6) is 23.0 Å². The quantitative estimate of drug-likeness (QED) is 0.0974. The van der Waals surface area contributed by atoms with E-state index in [1.54, 1.807) is 24.3 Å². The number of aryl methyl sites for hydroxylation is 1. The van der Waals surface area contributed by atoms with Gasteiger partial charge in [-0.3, -0.25) is 0 Å². The molecule has 0 unspecified atom stereocenters. The number of halogens is 2. The average molecular weight is 661 g/mol. The number of nitrogen functional groups attached to an aromatic ring is 2. The van der Waals surface area contributed by atoms with E-state index in [-0.39, 0.29) is 16.9 Å². The molecule has 1 aliphatic carbocycles. The van der Waals surface area contributed by atoms with Crippen LogP contribution < -0.4 is 20.9 Å². The van der Waals surface area contributed by atoms with E-state index >= 15 is 0 Å². The second-order valence-electron chi connectivity index (χ2n) is 13.4. The van der Waals surface area contributed by atoms with Crippen molar-refractivity contribution in [2.75, 3.05) is 11.5 Å². The fourth-order valence-electron chi connectivity index (χ4n) is 7.21. The zero-order chi connectivity index (χ0) is 34.2. The molecule has 0 saturated heterocycles. The minimum Gasteiger partial charge on any atom is -0.454 e. The van der Waals surface area contributed by atoms with Gasteiger partial charge in [0, 0.05) is 28.9 Å². The Labute approximate surface area is 289 Å². The van der Waals surface area contributed by atoms with Crippen molar-refractivity contribution in [3.8, 4) is 23.0 Å². The van der Waals surface area contributed by atoms with E-state index in [1.165, 1.54) is 66.5 Å². The van der Waals surface area contributed by atoms with E-state index in [0.29, 0.717) is 28.8 Å². The van der Waals surface area contributed by atoms with Crippen LogP contribution in [0.25, 0.3) is 0 Å². The van der Waals surface area contributed by atoms with Gasteiger partial charge in [0.25, 0.3) is 0 Å². The van der Waals surface area contributed by atoms with Gasteiger partial charge >= 0.3 is 0 Å². The highest BCUT2D eigenvalue weighted by atomic mass is 19.1. The molecule has 4 N–H and O–H groups in total. The van der Waals surface area contributed by atoms with Gasteiger partial charge in [-0.2, -0.15) is 0 Å². The van der Waals surface area contributed by atoms with Gasteiger partial charge in [-0.25, -0.2) is 8.78 Å². The number of hydrogen-bond acceptors (Lipinski definition) is 4. The van der Waals surface area contributed by atoms with E-state index < -0.39 is 11.6 Å². The SMILES string of the molecule is CCCCCCCc1ccc(C2CCC(c3ccc(Oc4ccc(N)cc4F)cc3)(c3ccc(Oc4ccc(N)cc4F)cc3)CC2)cc1. The lowest BCUT2D eigenvalue weighted by molar-refractivity contribution is 0.314. The summed E-state index contributed by atoms with van der Waals surface area (Å²) in [5.74, 6) is 0.853. The third-order valence-electron chi connectivity index (χ3n) is 10.0. The molecule has 6 rings (SSSR count). The maximum absolute atomic E-state index is 14.5. The second-order valence-corrected chi connectivity index (χ2v) is 13.4. The lowest BCUT2D eigenvalue weighted by atomic mass is 9.62. The Morgan fingerprint density at radius 1 is 0.612 bits per heavy atom. The number of benzene rings is 5. The summed E-state index contributed by atoms with van der Waals surface area (Å²) in [5, 5.41) is 0. The Kier molecular flexibility index (Phi) is 10.8. The maximum atomic E-state index is 14.5. The molecule has 0 aromatic heterocycles. The molecule has 5 aromatic rings. The zero-order valence-electron chi connectivity index (χ0n) is 28.3. The number of nitrogens with two attached hydrogens (primary N) is 2. The summed E-state index contributed by atoms with van der Waals surface area (Å²) >= 11 is 0. The molecule has 0 spiro atoms. The summed E-state index contributed by atoms with van der Waals surface area (Å²) in [6.07, 6.45) is 11.6. The first-order chi connectivity index (χ1) is 23.8. The van der Waals surface area contributed by atoms with Crippen molar-refractivity contribution in [3.05, 3.63) is 143 Å². The number of hydrogen-bond donors (Lipinski definition) is 2. The van der Waals surface area contributed by atoms with E-state index in [1.807, 2.05) is 24.3 Å². The number of rotatable bonds is 13. The summed E-state index contributed by atoms with van der Waals surface area (Å²) in [5.41, 5.74) is 17.1. The molecular formula is C43H46F2N2O2. The molecule has 0 radical (unpaired) electrons. The fraction of sp³-hybridized carbons (Fsp3) is 0.302. The Morgan fingerprint density at radius 3 is 1.57 bits per heavy atom. The fourth-order valence-corrected chi connectivity index (χ4v) is 7.21. The lowest BCUT2D eigenvalue weighted by Crippen LogP contribution is -2.32. The van der Waals surface area contributed by atoms with Crippen molar-refractivity contribution in [3.63, 3.8) is 0 Å². The molecule has 254 valence electrons. The van der Waals surface area contributed by atoms with E-state index in [4.69, 9.17) is 20.9 Å². The molecule has 1 aliphatic rings. The highest BCUT2D eigenvalue weighted by Gasteiger charge is 2.39. The van der Waals surface area contributed by atoms with E-state index in [2.05, 4.69) is 55.5 Å². The standard InChI is InChI=1S/C43H46F2N2O2/c1-2-3-4-5-6-7-30-8-10-31(11-9-30)32-24-26-43(27-25-32,33-12-18-37(19-13-33)48-41-22-16-35(46)28-39(41)44)34-14-20-38(21-15-34)49-42-23-17-36(47)29-40(42)45/h8-23,28-29,32H,2-7,24-27,46-47H2,1H3. The molecule has 1 fully saturated rings. The van der Waals surface area contributed by atoms with Crippen LogP contribution in [0, 0.1) is 11.6 Å². The summed E-state index contributed by atoms with van der Waals surface area (Å²) in [6.45, 7) is 2.25. The van der Waals surface area contributed by atoms with Crippen LogP contribution in [0.1, 0.15) is 92.9 Å². The molecule has 0 atom stereocenters. The highest BCUT2D eigenvalue weighted by Crippen LogP contribution is 2.50. The first kappa shape index (κ1) is 34.0. The Morgan fingerprint density at radius 2 is 1.10 bits per heavy atom. The van der Waals surface area contributed by atoms with Gasteiger partial charge in [-0.05, 0) is 115 Å². The summed E-state index contributed by atoms with van der Waals surface area (Å²) in [6, 6.07) is 34.1. The largest absolute Gasteiger partial charge is 0.454 e. The minimum absolute atomic E-state index is 0.132. The molecular weight excluding hydrogens is 614 g/mol. The van der Waals surface area contributed by atoms with Crippen molar-refractivity contribution < 1.29 is 18.3 Å². The van der Waals surface area contributed by atoms with Crippen molar-refractivity contribution >= 4 is 11.4 Å². The predicted octanol–water partition coefficient (Wildman–Crippen LogP) is 11.9. The van der Waals surface area contributed by atoms with Gasteiger partial charge < -0.3 is 20.9 Å². The van der Waals surface area contributed by atoms with E-state index in [0.717, 1.165) is 32.1 Å². The topological polar surface area (TPSA) is 70.5 Å². The summed E-state index contributed by atoms with van der Waals surface area (Å²) in [4.78, 5) is 0. The average Bonchev–Trinajstić information content (AvgIpc) is 3.12. The Bertz CT molecular complexity index is 1710. The highest BCUT2D eigenvalue weighted by molar-refractivity contribution is 5.48. The third-order valence-corrected chi connectivity index (χ3v) is 10.0. The zero-order valence-corrected chi connectivity index (χ0v) is 28.3. The van der Waals surface area contributed by atoms with Crippen molar-refractivity contribution in [1.82, 2.24) is 0 Å². The van der Waals surface area contributed by atoms with Crippen molar-refractivity contribution in [1.29, 1.82) is 0 Å². The third kappa shape index (κ3) is 8.25. The number of unbranched alkanes of at least 4 members (excludes halogenated alkanes) is 4. The first-order valence-electron chi connectivity index (χ1n) is 17.6. The van der Waals surface area contributed by atoms with E-state index in [9.17, 15) is 8.78 Å². The van der Waals surface area contributed by atoms with Gasteiger partial charge in [0.05, 0.1) is 0 Å². The number of ether oxygens (including phenoxy) is 2. The molecule has 0 aliphatic heterocycles. The molecule has 0 bridgehead atoms. The van der Waals surface area contributed by atoms with Gasteiger partial charge in [0.1, 0.15) is 11.5 Å². The van der Waals surface area contributed by atoms with Crippen LogP contribution in [0.2, 0.25) is 0 Å². The van der Waals surface area contributed by atoms with Crippen LogP contribution >= 0.6 is 0 Å². The van der Waals surface area contributed by atoms with Gasteiger partial charge in [0.15, 0.2) is 23.1 Å². The van der Waals surface area contributed by atoms with Gasteiger partial charge in [-0.15, -0.1) is 0 Å². The van der Waals surface area contributed by atoms with Crippen LogP contribution in [-0.2, 0) is 11.8 Å². The summed E-state index contributed by atoms with van der Waals surface area (Å²) < 4.78 is 40.7. The molecule has 1 saturated carbocycles. The Balaban J connectivity index is 1.21.